The van der Waals surface area contributed by atoms with E-state index in [2.05, 4.69) is 5.10 Å². The van der Waals surface area contributed by atoms with Crippen molar-refractivity contribution in [1.29, 1.82) is 5.26 Å². The van der Waals surface area contributed by atoms with E-state index in [-0.39, 0.29) is 30.2 Å². The fourth-order valence-corrected chi connectivity index (χ4v) is 2.22. The van der Waals surface area contributed by atoms with Crippen LogP contribution in [0, 0.1) is 11.3 Å². The van der Waals surface area contributed by atoms with Crippen molar-refractivity contribution in [3.63, 3.8) is 0 Å². The Morgan fingerprint density at radius 3 is 2.55 bits per heavy atom. The van der Waals surface area contributed by atoms with Gasteiger partial charge >= 0.3 is 0 Å². The van der Waals surface area contributed by atoms with E-state index < -0.39 is 0 Å². The van der Waals surface area contributed by atoms with Gasteiger partial charge in [-0.05, 0) is 12.1 Å². The van der Waals surface area contributed by atoms with E-state index in [9.17, 15) is 9.59 Å². The van der Waals surface area contributed by atoms with Crippen LogP contribution in [0.15, 0.2) is 36.5 Å². The zero-order valence-electron chi connectivity index (χ0n) is 10.5. The number of rotatable bonds is 2. The van der Waals surface area contributed by atoms with Crippen LogP contribution in [0.4, 0.5) is 5.82 Å². The van der Waals surface area contributed by atoms with Crippen molar-refractivity contribution >= 4 is 17.5 Å². The highest BCUT2D eigenvalue weighted by Gasteiger charge is 2.33. The highest BCUT2D eigenvalue weighted by atomic mass is 16.2. The molecule has 1 fully saturated rings. The van der Waals surface area contributed by atoms with Crippen LogP contribution in [0.1, 0.15) is 12.0 Å². The lowest BCUT2D eigenvalue weighted by atomic mass is 10.3. The van der Waals surface area contributed by atoms with Crippen molar-refractivity contribution in [2.24, 2.45) is 0 Å². The Kier molecular flexibility index (Phi) is 2.80. The number of nitriles is 1. The van der Waals surface area contributed by atoms with Gasteiger partial charge in [-0.2, -0.15) is 10.4 Å². The molecule has 0 spiro atoms. The van der Waals surface area contributed by atoms with Gasteiger partial charge in [0.15, 0.2) is 11.6 Å². The summed E-state index contributed by atoms with van der Waals surface area (Å²) in [6, 6.07) is 11.2. The molecule has 0 unspecified atom stereocenters. The number of nitrogens with zero attached hydrogens (tertiary/aromatic N) is 4. The molecular formula is C14H10N4O2. The van der Waals surface area contributed by atoms with Crippen LogP contribution in [-0.2, 0) is 9.59 Å². The summed E-state index contributed by atoms with van der Waals surface area (Å²) in [5.74, 6) is -0.0987. The molecule has 3 rings (SSSR count). The van der Waals surface area contributed by atoms with Crippen molar-refractivity contribution in [1.82, 2.24) is 9.78 Å². The number of para-hydroxylation sites is 1. The maximum Gasteiger partial charge on any atom is 0.236 e. The molecule has 20 heavy (non-hydrogen) atoms. The van der Waals surface area contributed by atoms with Crippen molar-refractivity contribution in [2.45, 2.75) is 6.42 Å². The van der Waals surface area contributed by atoms with Crippen molar-refractivity contribution in [3.05, 3.63) is 42.1 Å². The number of carbonyl (C=O) groups excluding carboxylic acids is 2. The van der Waals surface area contributed by atoms with Crippen LogP contribution in [0.25, 0.3) is 5.69 Å². The summed E-state index contributed by atoms with van der Waals surface area (Å²) in [5.41, 5.74) is 1.01. The third-order valence-electron chi connectivity index (χ3n) is 3.10. The molecule has 2 heterocycles. The number of benzene rings is 1. The minimum absolute atomic E-state index is 0.00790. The fraction of sp³-hybridized carbons (Fsp3) is 0.143. The first-order valence-electron chi connectivity index (χ1n) is 6.06. The summed E-state index contributed by atoms with van der Waals surface area (Å²) in [6.45, 7) is -0.00790. The summed E-state index contributed by atoms with van der Waals surface area (Å²) in [5, 5.41) is 13.3. The number of carbonyl (C=O) groups is 2. The third-order valence-corrected chi connectivity index (χ3v) is 3.10. The van der Waals surface area contributed by atoms with E-state index in [0.29, 0.717) is 5.82 Å². The van der Waals surface area contributed by atoms with Gasteiger partial charge in [0.25, 0.3) is 0 Å². The number of hydrogen-bond donors (Lipinski definition) is 0. The molecule has 1 saturated heterocycles. The lowest BCUT2D eigenvalue weighted by molar-refractivity contribution is -0.121. The number of hydrogen-bond acceptors (Lipinski definition) is 4. The Morgan fingerprint density at radius 1 is 1.20 bits per heavy atom. The predicted octanol–water partition coefficient (Wildman–Crippen LogP) is 1.05. The Labute approximate surface area is 114 Å². The Bertz CT molecular complexity index is 727. The zero-order chi connectivity index (χ0) is 14.1. The lowest BCUT2D eigenvalue weighted by Gasteiger charge is -2.17. The summed E-state index contributed by atoms with van der Waals surface area (Å²) in [6.07, 6.45) is 1.28. The maximum atomic E-state index is 11.9. The molecule has 0 aliphatic carbocycles. The predicted molar refractivity (Wildman–Crippen MR) is 70.3 cm³/mol. The fourth-order valence-electron chi connectivity index (χ4n) is 2.22. The molecule has 1 amide bonds. The minimum Gasteiger partial charge on any atom is -0.297 e. The summed E-state index contributed by atoms with van der Waals surface area (Å²) in [7, 11) is 0. The van der Waals surface area contributed by atoms with Crippen molar-refractivity contribution in [2.75, 3.05) is 11.4 Å². The number of anilines is 1. The number of Topliss-reactive ketones (excluding diaryl/α,β-unsaturated/α-hetero) is 1. The lowest BCUT2D eigenvalue weighted by Crippen LogP contribution is -2.27. The molecule has 1 aromatic carbocycles. The topological polar surface area (TPSA) is 79.0 Å². The van der Waals surface area contributed by atoms with Gasteiger partial charge in [-0.1, -0.05) is 18.2 Å². The van der Waals surface area contributed by atoms with Gasteiger partial charge in [0, 0.05) is 0 Å². The van der Waals surface area contributed by atoms with E-state index in [1.807, 2.05) is 36.4 Å². The molecule has 0 radical (unpaired) electrons. The minimum atomic E-state index is -0.302. The smallest absolute Gasteiger partial charge is 0.236 e. The molecule has 0 saturated carbocycles. The average Bonchev–Trinajstić information content (AvgIpc) is 3.02. The Morgan fingerprint density at radius 2 is 1.95 bits per heavy atom. The highest BCUT2D eigenvalue weighted by Crippen LogP contribution is 2.26. The van der Waals surface area contributed by atoms with Gasteiger partial charge in [-0.15, -0.1) is 0 Å². The van der Waals surface area contributed by atoms with Gasteiger partial charge < -0.3 is 0 Å². The first-order chi connectivity index (χ1) is 9.70. The van der Waals surface area contributed by atoms with Crippen LogP contribution < -0.4 is 4.90 Å². The van der Waals surface area contributed by atoms with Crippen LogP contribution >= 0.6 is 0 Å². The molecule has 0 bridgehead atoms. The van der Waals surface area contributed by atoms with Crippen LogP contribution in [-0.4, -0.2) is 28.0 Å². The summed E-state index contributed by atoms with van der Waals surface area (Å²) in [4.78, 5) is 24.6. The molecule has 0 N–H and O–H groups in total. The summed E-state index contributed by atoms with van der Waals surface area (Å²) >= 11 is 0. The molecule has 1 aliphatic rings. The molecule has 0 atom stereocenters. The van der Waals surface area contributed by atoms with E-state index in [1.165, 1.54) is 15.8 Å². The molecule has 6 heteroatoms. The van der Waals surface area contributed by atoms with Gasteiger partial charge in [0.05, 0.1) is 24.8 Å². The number of ketones is 1. The van der Waals surface area contributed by atoms with E-state index in [1.54, 1.807) is 0 Å². The van der Waals surface area contributed by atoms with Gasteiger partial charge in [0.2, 0.25) is 5.91 Å². The van der Waals surface area contributed by atoms with Crippen LogP contribution in [0.3, 0.4) is 0 Å². The standard InChI is InChI=1S/C14H10N4O2/c15-7-10-8-16-18(11-4-2-1-3-5-11)14(10)17-9-12(19)6-13(17)20/h1-5,8H,6,9H2. The molecular weight excluding hydrogens is 256 g/mol. The normalized spacial score (nSPS) is 14.7. The molecule has 2 aromatic rings. The van der Waals surface area contributed by atoms with Gasteiger partial charge in [-0.3, -0.25) is 14.5 Å². The molecule has 6 nitrogen and oxygen atoms in total. The second-order valence-electron chi connectivity index (χ2n) is 4.44. The monoisotopic (exact) mass is 266 g/mol. The number of amides is 1. The quantitative estimate of drug-likeness (QED) is 0.761. The van der Waals surface area contributed by atoms with E-state index in [0.717, 1.165) is 5.69 Å². The Balaban J connectivity index is 2.15. The first-order valence-corrected chi connectivity index (χ1v) is 6.06. The van der Waals surface area contributed by atoms with Gasteiger partial charge in [-0.25, -0.2) is 4.68 Å². The molecule has 98 valence electrons. The van der Waals surface area contributed by atoms with Crippen LogP contribution in [0.2, 0.25) is 0 Å². The van der Waals surface area contributed by atoms with E-state index >= 15 is 0 Å². The van der Waals surface area contributed by atoms with Crippen molar-refractivity contribution in [3.8, 4) is 11.8 Å². The largest absolute Gasteiger partial charge is 0.297 e. The zero-order valence-corrected chi connectivity index (χ0v) is 10.5. The van der Waals surface area contributed by atoms with E-state index in [4.69, 9.17) is 5.26 Å². The maximum absolute atomic E-state index is 11.9. The molecule has 1 aromatic heterocycles. The summed E-state index contributed by atoms with van der Waals surface area (Å²) < 4.78 is 1.51. The van der Waals surface area contributed by atoms with Crippen molar-refractivity contribution < 1.29 is 9.59 Å². The first kappa shape index (κ1) is 12.1. The highest BCUT2D eigenvalue weighted by molar-refractivity contribution is 6.15. The number of aromatic nitrogens is 2. The Hall–Kier alpha value is -2.94. The SMILES string of the molecule is N#Cc1cnn(-c2ccccc2)c1N1CC(=O)CC1=O. The second kappa shape index (κ2) is 4.63. The third kappa shape index (κ3) is 1.86. The molecule has 1 aliphatic heterocycles. The average molecular weight is 266 g/mol. The second-order valence-corrected chi connectivity index (χ2v) is 4.44. The van der Waals surface area contributed by atoms with Crippen LogP contribution in [0.5, 0.6) is 0 Å². The van der Waals surface area contributed by atoms with Gasteiger partial charge in [0.1, 0.15) is 11.6 Å².